The van der Waals surface area contributed by atoms with Crippen molar-refractivity contribution in [3.63, 3.8) is 0 Å². The van der Waals surface area contributed by atoms with Crippen LogP contribution in [0.2, 0.25) is 0 Å². The molecule has 0 fully saturated rings. The van der Waals surface area contributed by atoms with E-state index in [9.17, 15) is 4.79 Å². The second-order valence-electron chi connectivity index (χ2n) is 3.83. The van der Waals surface area contributed by atoms with Gasteiger partial charge in [-0.1, -0.05) is 15.9 Å². The van der Waals surface area contributed by atoms with E-state index in [4.69, 9.17) is 9.84 Å². The van der Waals surface area contributed by atoms with Crippen LogP contribution in [0.25, 0.3) is 0 Å². The molecular weight excluding hydrogens is 274 g/mol. The molecule has 1 aromatic rings. The van der Waals surface area contributed by atoms with Gasteiger partial charge in [0.15, 0.2) is 0 Å². The topological polar surface area (TPSA) is 58.6 Å². The van der Waals surface area contributed by atoms with E-state index >= 15 is 0 Å². The highest BCUT2D eigenvalue weighted by atomic mass is 79.9. The van der Waals surface area contributed by atoms with E-state index in [0.717, 1.165) is 10.2 Å². The summed E-state index contributed by atoms with van der Waals surface area (Å²) in [5, 5.41) is 12.0. The summed E-state index contributed by atoms with van der Waals surface area (Å²) in [6, 6.07) is 5.60. The molecule has 0 spiro atoms. The number of hydrogen-bond acceptors (Lipinski definition) is 3. The van der Waals surface area contributed by atoms with Gasteiger partial charge < -0.3 is 15.2 Å². The van der Waals surface area contributed by atoms with Gasteiger partial charge in [-0.3, -0.25) is 4.79 Å². The number of carboxylic acid groups (broad SMARTS) is 1. The zero-order valence-electron chi connectivity index (χ0n) is 8.74. The first-order valence-corrected chi connectivity index (χ1v) is 5.80. The Hall–Kier alpha value is -1.23. The molecule has 4 nitrogen and oxygen atoms in total. The molecule has 0 radical (unpaired) electrons. The predicted octanol–water partition coefficient (Wildman–Crippen LogP) is 2.49. The molecule has 2 N–H and O–H groups in total. The largest absolute Gasteiger partial charge is 0.486 e. The van der Waals surface area contributed by atoms with Crippen LogP contribution in [0.15, 0.2) is 22.7 Å². The Balaban J connectivity index is 2.21. The van der Waals surface area contributed by atoms with E-state index in [0.29, 0.717) is 5.75 Å². The summed E-state index contributed by atoms with van der Waals surface area (Å²) in [7, 11) is 0. The van der Waals surface area contributed by atoms with E-state index in [1.807, 2.05) is 25.1 Å². The van der Waals surface area contributed by atoms with Crippen molar-refractivity contribution in [2.45, 2.75) is 25.5 Å². The maximum absolute atomic E-state index is 10.7. The summed E-state index contributed by atoms with van der Waals surface area (Å²) in [6.45, 7) is 1.91. The normalized spacial score (nSPS) is 22.9. The van der Waals surface area contributed by atoms with Gasteiger partial charge in [-0.15, -0.1) is 0 Å². The molecule has 5 heteroatoms. The number of carboxylic acids is 1. The van der Waals surface area contributed by atoms with Gasteiger partial charge in [-0.25, -0.2) is 0 Å². The van der Waals surface area contributed by atoms with Crippen molar-refractivity contribution in [2.75, 3.05) is 5.32 Å². The third-order valence-electron chi connectivity index (χ3n) is 2.54. The first-order valence-electron chi connectivity index (χ1n) is 5.01. The highest BCUT2D eigenvalue weighted by Crippen LogP contribution is 2.34. The molecule has 1 heterocycles. The van der Waals surface area contributed by atoms with E-state index in [-0.39, 0.29) is 18.6 Å². The van der Waals surface area contributed by atoms with Crippen molar-refractivity contribution in [1.29, 1.82) is 0 Å². The van der Waals surface area contributed by atoms with Crippen molar-refractivity contribution < 1.29 is 14.6 Å². The van der Waals surface area contributed by atoms with Crippen molar-refractivity contribution in [2.24, 2.45) is 0 Å². The Morgan fingerprint density at radius 3 is 3.06 bits per heavy atom. The lowest BCUT2D eigenvalue weighted by atomic mass is 10.1. The fourth-order valence-corrected chi connectivity index (χ4v) is 2.07. The molecule has 2 unspecified atom stereocenters. The van der Waals surface area contributed by atoms with Crippen LogP contribution in [0.3, 0.4) is 0 Å². The Morgan fingerprint density at radius 2 is 2.38 bits per heavy atom. The highest BCUT2D eigenvalue weighted by molar-refractivity contribution is 9.10. The van der Waals surface area contributed by atoms with Gasteiger partial charge in [0.1, 0.15) is 11.9 Å². The zero-order chi connectivity index (χ0) is 11.7. The number of carbonyl (C=O) groups is 1. The van der Waals surface area contributed by atoms with Crippen molar-refractivity contribution in [1.82, 2.24) is 0 Å². The third kappa shape index (κ3) is 2.29. The number of halogens is 1. The molecule has 0 amide bonds. The van der Waals surface area contributed by atoms with Crippen molar-refractivity contribution >= 4 is 27.6 Å². The molecule has 0 saturated carbocycles. The first-order chi connectivity index (χ1) is 7.56. The van der Waals surface area contributed by atoms with Crippen LogP contribution in [0, 0.1) is 0 Å². The van der Waals surface area contributed by atoms with Crippen LogP contribution in [-0.2, 0) is 4.79 Å². The molecule has 0 aliphatic carbocycles. The fourth-order valence-electron chi connectivity index (χ4n) is 1.71. The van der Waals surface area contributed by atoms with E-state index in [1.54, 1.807) is 0 Å². The predicted molar refractivity (Wildman–Crippen MR) is 63.9 cm³/mol. The molecule has 1 aromatic carbocycles. The van der Waals surface area contributed by atoms with Crippen LogP contribution in [0.4, 0.5) is 5.69 Å². The summed E-state index contributed by atoms with van der Waals surface area (Å²) in [5.74, 6) is -0.147. The van der Waals surface area contributed by atoms with Gasteiger partial charge in [-0.2, -0.15) is 0 Å². The maximum Gasteiger partial charge on any atom is 0.307 e. The molecule has 86 valence electrons. The number of ether oxygens (including phenoxy) is 1. The lowest BCUT2D eigenvalue weighted by Gasteiger charge is -2.32. The Bertz CT molecular complexity index is 422. The van der Waals surface area contributed by atoms with Gasteiger partial charge in [0.05, 0.1) is 18.2 Å². The highest BCUT2D eigenvalue weighted by Gasteiger charge is 2.28. The molecule has 2 atom stereocenters. The average molecular weight is 286 g/mol. The van der Waals surface area contributed by atoms with Crippen LogP contribution < -0.4 is 10.1 Å². The minimum atomic E-state index is -0.848. The first kappa shape index (κ1) is 11.3. The number of aliphatic carboxylic acids is 1. The quantitative estimate of drug-likeness (QED) is 0.877. The summed E-state index contributed by atoms with van der Waals surface area (Å²) in [5.41, 5.74) is 0.892. The second kappa shape index (κ2) is 4.33. The number of benzene rings is 1. The van der Waals surface area contributed by atoms with Gasteiger partial charge in [0, 0.05) is 4.47 Å². The van der Waals surface area contributed by atoms with Crippen molar-refractivity contribution in [3.8, 4) is 5.75 Å². The maximum atomic E-state index is 10.7. The van der Waals surface area contributed by atoms with Gasteiger partial charge in [0.2, 0.25) is 0 Å². The third-order valence-corrected chi connectivity index (χ3v) is 3.03. The minimum Gasteiger partial charge on any atom is -0.486 e. The smallest absolute Gasteiger partial charge is 0.307 e. The van der Waals surface area contributed by atoms with Gasteiger partial charge >= 0.3 is 5.97 Å². The molecule has 0 saturated heterocycles. The summed E-state index contributed by atoms with van der Waals surface area (Å²) >= 11 is 3.38. The molecule has 0 bridgehead atoms. The summed E-state index contributed by atoms with van der Waals surface area (Å²) in [4.78, 5) is 10.7. The minimum absolute atomic E-state index is 0.00364. The van der Waals surface area contributed by atoms with Crippen molar-refractivity contribution in [3.05, 3.63) is 22.7 Å². The number of hydrogen-bond donors (Lipinski definition) is 2. The Kier molecular flexibility index (Phi) is 3.05. The van der Waals surface area contributed by atoms with Crippen LogP contribution in [-0.4, -0.2) is 23.2 Å². The van der Waals surface area contributed by atoms with E-state index in [2.05, 4.69) is 21.2 Å². The molecular formula is C11H12BrNO3. The summed E-state index contributed by atoms with van der Waals surface area (Å²) in [6.07, 6.45) is -0.324. The zero-order valence-corrected chi connectivity index (χ0v) is 10.3. The SMILES string of the molecule is CC1Nc2cc(Br)ccc2OC1CC(=O)O. The van der Waals surface area contributed by atoms with Crippen LogP contribution in [0.5, 0.6) is 5.75 Å². The molecule has 2 rings (SSSR count). The van der Waals surface area contributed by atoms with Crippen LogP contribution >= 0.6 is 15.9 Å². The molecule has 1 aliphatic rings. The monoisotopic (exact) mass is 285 g/mol. The fraction of sp³-hybridized carbons (Fsp3) is 0.364. The summed E-state index contributed by atoms with van der Waals surface area (Å²) < 4.78 is 6.61. The number of fused-ring (bicyclic) bond motifs is 1. The second-order valence-corrected chi connectivity index (χ2v) is 4.74. The lowest BCUT2D eigenvalue weighted by Crippen LogP contribution is -2.40. The standard InChI is InChI=1S/C11H12BrNO3/c1-6-10(5-11(14)15)16-9-3-2-7(12)4-8(9)13-6/h2-4,6,10,13H,5H2,1H3,(H,14,15). The van der Waals surface area contributed by atoms with Gasteiger partial charge in [-0.05, 0) is 25.1 Å². The molecule has 16 heavy (non-hydrogen) atoms. The van der Waals surface area contributed by atoms with E-state index < -0.39 is 5.97 Å². The number of anilines is 1. The molecule has 0 aromatic heterocycles. The Morgan fingerprint density at radius 1 is 1.62 bits per heavy atom. The Labute approximate surface area is 102 Å². The van der Waals surface area contributed by atoms with Crippen LogP contribution in [0.1, 0.15) is 13.3 Å². The van der Waals surface area contributed by atoms with Gasteiger partial charge in [0.25, 0.3) is 0 Å². The number of rotatable bonds is 2. The lowest BCUT2D eigenvalue weighted by molar-refractivity contribution is -0.139. The van der Waals surface area contributed by atoms with E-state index in [1.165, 1.54) is 0 Å². The molecule has 1 aliphatic heterocycles. The number of nitrogens with one attached hydrogen (secondary N) is 1. The average Bonchev–Trinajstić information content (AvgIpc) is 2.19.